The zero-order chi connectivity index (χ0) is 14.8. The van der Waals surface area contributed by atoms with Crippen molar-refractivity contribution in [3.8, 4) is 11.8 Å². The molecule has 1 N–H and O–H groups in total. The van der Waals surface area contributed by atoms with Crippen LogP contribution in [0, 0.1) is 22.7 Å². The molecule has 1 aromatic rings. The first-order chi connectivity index (χ1) is 9.52. The Morgan fingerprint density at radius 2 is 2.30 bits per heavy atom. The third-order valence-corrected chi connectivity index (χ3v) is 4.76. The second-order valence-corrected chi connectivity index (χ2v) is 6.67. The van der Waals surface area contributed by atoms with E-state index in [2.05, 4.69) is 28.9 Å². The molecular formula is C16H20BrNO2. The van der Waals surface area contributed by atoms with E-state index in [0.29, 0.717) is 17.2 Å². The molecule has 0 radical (unpaired) electrons. The quantitative estimate of drug-likeness (QED) is 0.898. The van der Waals surface area contributed by atoms with Gasteiger partial charge in [0.25, 0.3) is 0 Å². The Hall–Kier alpha value is -1.05. The van der Waals surface area contributed by atoms with Gasteiger partial charge in [-0.05, 0) is 37.0 Å². The summed E-state index contributed by atoms with van der Waals surface area (Å²) in [5, 5.41) is 20.5. The fourth-order valence-corrected chi connectivity index (χ4v) is 3.60. The van der Waals surface area contributed by atoms with Crippen LogP contribution in [0.3, 0.4) is 0 Å². The van der Waals surface area contributed by atoms with Gasteiger partial charge in [0.1, 0.15) is 11.9 Å². The van der Waals surface area contributed by atoms with E-state index in [1.54, 1.807) is 7.11 Å². The highest BCUT2D eigenvalue weighted by Gasteiger charge is 2.43. The predicted octanol–water partition coefficient (Wildman–Crippen LogP) is 4.21. The van der Waals surface area contributed by atoms with Gasteiger partial charge in [0, 0.05) is 10.0 Å². The van der Waals surface area contributed by atoms with E-state index in [4.69, 9.17) is 4.74 Å². The van der Waals surface area contributed by atoms with Gasteiger partial charge in [0.15, 0.2) is 0 Å². The second-order valence-electron chi connectivity index (χ2n) is 5.76. The van der Waals surface area contributed by atoms with Crippen molar-refractivity contribution in [3.05, 3.63) is 28.2 Å². The van der Waals surface area contributed by atoms with Gasteiger partial charge in [-0.1, -0.05) is 35.7 Å². The van der Waals surface area contributed by atoms with Crippen LogP contribution in [-0.2, 0) is 0 Å². The number of rotatable bonds is 3. The molecule has 0 amide bonds. The maximum absolute atomic E-state index is 10.8. The number of nitrogens with zero attached hydrogens (tertiary/aromatic N) is 1. The van der Waals surface area contributed by atoms with Gasteiger partial charge >= 0.3 is 0 Å². The molecule has 0 heterocycles. The highest BCUT2D eigenvalue weighted by molar-refractivity contribution is 9.10. The number of halogens is 1. The highest BCUT2D eigenvalue weighted by Crippen LogP contribution is 2.49. The second kappa shape index (κ2) is 6.15. The molecule has 1 fully saturated rings. The van der Waals surface area contributed by atoms with E-state index in [0.717, 1.165) is 30.2 Å². The summed E-state index contributed by atoms with van der Waals surface area (Å²) in [4.78, 5) is 0. The predicted molar refractivity (Wildman–Crippen MR) is 81.3 cm³/mol. The van der Waals surface area contributed by atoms with Crippen molar-refractivity contribution >= 4 is 15.9 Å². The molecule has 3 atom stereocenters. The minimum Gasteiger partial charge on any atom is -0.496 e. The molecule has 4 heteroatoms. The number of aliphatic hydroxyl groups excluding tert-OH is 1. The maximum atomic E-state index is 10.8. The number of benzene rings is 1. The lowest BCUT2D eigenvalue weighted by Gasteiger charge is -2.38. The number of methoxy groups -OCH3 is 1. The molecule has 20 heavy (non-hydrogen) atoms. The molecular weight excluding hydrogens is 318 g/mol. The Labute approximate surface area is 128 Å². The van der Waals surface area contributed by atoms with Gasteiger partial charge in [-0.25, -0.2) is 0 Å². The summed E-state index contributed by atoms with van der Waals surface area (Å²) in [6.07, 6.45) is 2.78. The van der Waals surface area contributed by atoms with Crippen molar-refractivity contribution < 1.29 is 9.84 Å². The highest BCUT2D eigenvalue weighted by atomic mass is 79.9. The summed E-state index contributed by atoms with van der Waals surface area (Å²) < 4.78 is 6.22. The summed E-state index contributed by atoms with van der Waals surface area (Å²) in [6.45, 7) is 2.15. The normalized spacial score (nSPS) is 27.6. The molecule has 0 aliphatic heterocycles. The molecule has 3 nitrogen and oxygen atoms in total. The zero-order valence-corrected chi connectivity index (χ0v) is 13.5. The van der Waals surface area contributed by atoms with Crippen molar-refractivity contribution in [3.63, 3.8) is 0 Å². The van der Waals surface area contributed by atoms with E-state index in [1.807, 2.05) is 18.2 Å². The first kappa shape index (κ1) is 15.3. The molecule has 3 unspecified atom stereocenters. The van der Waals surface area contributed by atoms with Crippen molar-refractivity contribution in [1.29, 1.82) is 5.26 Å². The Balaban J connectivity index is 2.41. The molecule has 1 aliphatic carbocycles. The van der Waals surface area contributed by atoms with Crippen LogP contribution in [0.15, 0.2) is 22.7 Å². The minimum absolute atomic E-state index is 0.469. The number of aliphatic hydroxyl groups is 1. The lowest BCUT2D eigenvalue weighted by atomic mass is 9.66. The Morgan fingerprint density at radius 1 is 1.55 bits per heavy atom. The summed E-state index contributed by atoms with van der Waals surface area (Å²) in [7, 11) is 1.59. The first-order valence-corrected chi connectivity index (χ1v) is 7.74. The lowest BCUT2D eigenvalue weighted by molar-refractivity contribution is 0.0203. The molecule has 2 rings (SSSR count). The third kappa shape index (κ3) is 2.84. The number of hydrogen-bond acceptors (Lipinski definition) is 3. The molecule has 108 valence electrons. The van der Waals surface area contributed by atoms with Crippen molar-refractivity contribution in [2.45, 2.75) is 38.7 Å². The van der Waals surface area contributed by atoms with Gasteiger partial charge < -0.3 is 9.84 Å². The molecule has 1 saturated carbocycles. The monoisotopic (exact) mass is 337 g/mol. The SMILES string of the molecule is COc1ccc(Br)cc1C(O)C1(C#N)CCCC(C)C1. The van der Waals surface area contributed by atoms with Gasteiger partial charge in [0.05, 0.1) is 18.6 Å². The largest absolute Gasteiger partial charge is 0.496 e. The van der Waals surface area contributed by atoms with E-state index >= 15 is 0 Å². The molecule has 0 saturated heterocycles. The maximum Gasteiger partial charge on any atom is 0.124 e. The topological polar surface area (TPSA) is 53.2 Å². The van der Waals surface area contributed by atoms with Crippen LogP contribution in [0.5, 0.6) is 5.75 Å². The van der Waals surface area contributed by atoms with Crippen molar-refractivity contribution in [1.82, 2.24) is 0 Å². The van der Waals surface area contributed by atoms with E-state index < -0.39 is 11.5 Å². The van der Waals surface area contributed by atoms with Crippen molar-refractivity contribution in [2.24, 2.45) is 11.3 Å². The third-order valence-electron chi connectivity index (χ3n) is 4.26. The molecule has 0 spiro atoms. The Morgan fingerprint density at radius 3 is 2.90 bits per heavy atom. The summed E-state index contributed by atoms with van der Waals surface area (Å²) in [5.41, 5.74) is -0.0105. The fraction of sp³-hybridized carbons (Fsp3) is 0.562. The van der Waals surface area contributed by atoms with Crippen LogP contribution in [0.2, 0.25) is 0 Å². The van der Waals surface area contributed by atoms with Crippen LogP contribution >= 0.6 is 15.9 Å². The van der Waals surface area contributed by atoms with Crippen LogP contribution in [0.4, 0.5) is 0 Å². The smallest absolute Gasteiger partial charge is 0.124 e. The zero-order valence-electron chi connectivity index (χ0n) is 11.9. The minimum atomic E-state index is -0.817. The van der Waals surface area contributed by atoms with E-state index in [-0.39, 0.29) is 0 Å². The van der Waals surface area contributed by atoms with Crippen LogP contribution in [0.1, 0.15) is 44.3 Å². The average molecular weight is 338 g/mol. The number of hydrogen-bond donors (Lipinski definition) is 1. The summed E-state index contributed by atoms with van der Waals surface area (Å²) in [5.74, 6) is 1.10. The van der Waals surface area contributed by atoms with Crippen LogP contribution in [0.25, 0.3) is 0 Å². The first-order valence-electron chi connectivity index (χ1n) is 6.95. The van der Waals surface area contributed by atoms with Gasteiger partial charge in [-0.3, -0.25) is 0 Å². The fourth-order valence-electron chi connectivity index (χ4n) is 3.22. The van der Waals surface area contributed by atoms with Crippen LogP contribution < -0.4 is 4.74 Å². The molecule has 0 bridgehead atoms. The molecule has 1 aromatic carbocycles. The van der Waals surface area contributed by atoms with Gasteiger partial charge in [-0.2, -0.15) is 5.26 Å². The summed E-state index contributed by atoms with van der Waals surface area (Å²) >= 11 is 3.42. The van der Waals surface area contributed by atoms with Crippen molar-refractivity contribution in [2.75, 3.05) is 7.11 Å². The Bertz CT molecular complexity index is 526. The number of nitriles is 1. The standard InChI is InChI=1S/C16H20BrNO2/c1-11-4-3-7-16(9-11,10-18)15(19)13-8-12(17)5-6-14(13)20-2/h5-6,8,11,15,19H,3-4,7,9H2,1-2H3. The molecule has 0 aromatic heterocycles. The van der Waals surface area contributed by atoms with E-state index in [1.165, 1.54) is 0 Å². The van der Waals surface area contributed by atoms with E-state index in [9.17, 15) is 10.4 Å². The lowest BCUT2D eigenvalue weighted by Crippen LogP contribution is -2.33. The summed E-state index contributed by atoms with van der Waals surface area (Å²) in [6, 6.07) is 7.94. The average Bonchev–Trinajstić information content (AvgIpc) is 2.46. The van der Waals surface area contributed by atoms with Gasteiger partial charge in [0.2, 0.25) is 0 Å². The Kier molecular flexibility index (Phi) is 4.72. The molecule has 1 aliphatic rings. The number of ether oxygens (including phenoxy) is 1. The van der Waals surface area contributed by atoms with Gasteiger partial charge in [-0.15, -0.1) is 0 Å². The van der Waals surface area contributed by atoms with Crippen LogP contribution in [-0.4, -0.2) is 12.2 Å².